The van der Waals surface area contributed by atoms with Gasteiger partial charge in [0.25, 0.3) is 20.0 Å². The van der Waals surface area contributed by atoms with Gasteiger partial charge in [-0.1, -0.05) is 4.13 Å². The number of hydrogen-bond acceptors (Lipinski definition) is 7. The van der Waals surface area contributed by atoms with Gasteiger partial charge in [0, 0.05) is 19.1 Å². The molecule has 34 heavy (non-hydrogen) atoms. The van der Waals surface area contributed by atoms with Crippen molar-refractivity contribution in [2.24, 2.45) is 0 Å². The van der Waals surface area contributed by atoms with E-state index in [1.54, 1.807) is 0 Å². The molecule has 1 N–H and O–H groups in total. The van der Waals surface area contributed by atoms with Gasteiger partial charge in [0.2, 0.25) is 0 Å². The summed E-state index contributed by atoms with van der Waals surface area (Å²) < 4.78 is 189. The second-order valence-corrected chi connectivity index (χ2v) is 13.2. The fourth-order valence-electron chi connectivity index (χ4n) is 3.46. The van der Waals surface area contributed by atoms with Crippen LogP contribution in [0.25, 0.3) is 0 Å². The van der Waals surface area contributed by atoms with Crippen molar-refractivity contribution in [3.05, 3.63) is 0 Å². The van der Waals surface area contributed by atoms with Crippen LogP contribution in [0, 0.1) is 0 Å². The van der Waals surface area contributed by atoms with Crippen molar-refractivity contribution in [2.75, 3.05) is 26.2 Å². The fourth-order valence-corrected chi connectivity index (χ4v) is 7.41. The van der Waals surface area contributed by atoms with Gasteiger partial charge in [0.15, 0.2) is 0 Å². The number of halogens is 9. The Hall–Kier alpha value is -0.900. The maximum Gasteiger partial charge on any atom is 0.512 e. The average molecular weight is 579 g/mol. The molecule has 2 saturated heterocycles. The van der Waals surface area contributed by atoms with Gasteiger partial charge in [-0.05, 0) is 38.8 Å². The number of piperidine rings is 1. The van der Waals surface area contributed by atoms with E-state index in [0.29, 0.717) is 13.1 Å². The second-order valence-electron chi connectivity index (χ2n) is 7.52. The molecular weight excluding hydrogens is 561 g/mol. The minimum absolute atomic E-state index is 0.138. The Balaban J connectivity index is 2.33. The van der Waals surface area contributed by atoms with E-state index in [4.69, 9.17) is 0 Å². The van der Waals surface area contributed by atoms with Crippen LogP contribution in [0.2, 0.25) is 0 Å². The molecule has 0 aromatic heterocycles. The summed E-state index contributed by atoms with van der Waals surface area (Å²) in [6.07, 6.45) is 1.34. The van der Waals surface area contributed by atoms with Crippen molar-refractivity contribution in [1.29, 1.82) is 0 Å². The van der Waals surface area contributed by atoms with E-state index in [2.05, 4.69) is 0 Å². The molecule has 0 aromatic rings. The first-order valence-corrected chi connectivity index (χ1v) is 13.7. The number of sulfonamides is 3. The molecule has 0 amide bonds. The first-order valence-electron chi connectivity index (χ1n) is 9.24. The smallest absolute Gasteiger partial charge is 0.300 e. The second kappa shape index (κ2) is 8.89. The maximum absolute atomic E-state index is 14.3. The standard InChI is InChI=1S/C13H18F9N3O6S3/c14-10(15,11(16,17)32(26,27)23-33(28,29)13(20,21)22)12(18,19)34(30,31)25-7-3-9(4-8-25)24-5-1-2-6-24/h9,23H,1-8H2. The van der Waals surface area contributed by atoms with Crippen LogP contribution in [0.1, 0.15) is 25.7 Å². The summed E-state index contributed by atoms with van der Waals surface area (Å²) in [6.45, 7) is -0.393. The maximum atomic E-state index is 14.3. The molecule has 2 heterocycles. The molecule has 0 atom stereocenters. The van der Waals surface area contributed by atoms with E-state index < -0.39 is 69.2 Å². The zero-order valence-electron chi connectivity index (χ0n) is 16.7. The van der Waals surface area contributed by atoms with Crippen molar-refractivity contribution < 1.29 is 64.8 Å². The van der Waals surface area contributed by atoms with Crippen LogP contribution in [0.5, 0.6) is 0 Å². The lowest BCUT2D eigenvalue weighted by Crippen LogP contribution is -2.66. The van der Waals surface area contributed by atoms with Gasteiger partial charge in [-0.3, -0.25) is 0 Å². The Morgan fingerprint density at radius 3 is 1.50 bits per heavy atom. The number of nitrogens with zero attached hydrogens (tertiary/aromatic N) is 2. The van der Waals surface area contributed by atoms with Gasteiger partial charge < -0.3 is 4.90 Å². The third-order valence-corrected chi connectivity index (χ3v) is 10.6. The predicted molar refractivity (Wildman–Crippen MR) is 96.2 cm³/mol. The molecule has 202 valence electrons. The van der Waals surface area contributed by atoms with E-state index in [1.165, 1.54) is 0 Å². The lowest BCUT2D eigenvalue weighted by Gasteiger charge is -2.39. The summed E-state index contributed by atoms with van der Waals surface area (Å²) in [7, 11) is -21.7. The van der Waals surface area contributed by atoms with Gasteiger partial charge in [-0.15, -0.1) is 0 Å². The Morgan fingerprint density at radius 1 is 0.647 bits per heavy atom. The molecular formula is C13H18F9N3O6S3. The molecule has 0 radical (unpaired) electrons. The molecule has 0 aromatic carbocycles. The van der Waals surface area contributed by atoms with Crippen LogP contribution < -0.4 is 4.13 Å². The molecule has 2 rings (SSSR count). The van der Waals surface area contributed by atoms with E-state index in [0.717, 1.165) is 12.8 Å². The van der Waals surface area contributed by atoms with Crippen molar-refractivity contribution >= 4 is 30.1 Å². The highest BCUT2D eigenvalue weighted by molar-refractivity contribution is 8.05. The highest BCUT2D eigenvalue weighted by Crippen LogP contribution is 2.51. The van der Waals surface area contributed by atoms with Gasteiger partial charge in [0.05, 0.1) is 0 Å². The molecule has 0 aliphatic carbocycles. The zero-order valence-corrected chi connectivity index (χ0v) is 19.2. The molecule has 2 aliphatic heterocycles. The summed E-state index contributed by atoms with van der Waals surface area (Å²) in [5.41, 5.74) is -6.61. The SMILES string of the molecule is O=S(=O)(NS(=O)(=O)C(F)(F)C(F)(F)C(F)(F)S(=O)(=O)N1CCC(N2CCCC2)CC1)C(F)(F)F. The highest BCUT2D eigenvalue weighted by atomic mass is 32.3. The van der Waals surface area contributed by atoms with Crippen LogP contribution in [-0.4, -0.2) is 88.6 Å². The Labute approximate surface area is 188 Å². The van der Waals surface area contributed by atoms with Crippen LogP contribution in [0.3, 0.4) is 0 Å². The Kier molecular flexibility index (Phi) is 7.67. The highest BCUT2D eigenvalue weighted by Gasteiger charge is 2.83. The quantitative estimate of drug-likeness (QED) is 0.433. The lowest BCUT2D eigenvalue weighted by molar-refractivity contribution is -0.245. The minimum atomic E-state index is -7.76. The van der Waals surface area contributed by atoms with Gasteiger partial charge in [0.1, 0.15) is 0 Å². The van der Waals surface area contributed by atoms with Crippen LogP contribution >= 0.6 is 0 Å². The lowest BCUT2D eigenvalue weighted by atomic mass is 10.1. The predicted octanol–water partition coefficient (Wildman–Crippen LogP) is 1.47. The third kappa shape index (κ3) is 4.74. The fraction of sp³-hybridized carbons (Fsp3) is 1.00. The number of nitrogens with one attached hydrogen (secondary N) is 1. The summed E-state index contributed by atoms with van der Waals surface area (Å²) in [5.74, 6) is -7.39. The first kappa shape index (κ1) is 29.3. The van der Waals surface area contributed by atoms with Crippen molar-refractivity contribution in [2.45, 2.75) is 53.7 Å². The van der Waals surface area contributed by atoms with Gasteiger partial charge >= 0.3 is 32.0 Å². The van der Waals surface area contributed by atoms with Crippen LogP contribution in [0.4, 0.5) is 39.5 Å². The zero-order chi connectivity index (χ0) is 26.6. The monoisotopic (exact) mass is 579 g/mol. The Bertz CT molecular complexity index is 1080. The summed E-state index contributed by atoms with van der Waals surface area (Å²) in [5, 5.41) is -14.2. The summed E-state index contributed by atoms with van der Waals surface area (Å²) in [6, 6.07) is -0.304. The van der Waals surface area contributed by atoms with Crippen LogP contribution in [0.15, 0.2) is 0 Å². The summed E-state index contributed by atoms with van der Waals surface area (Å²) in [4.78, 5) is 1.89. The Morgan fingerprint density at radius 2 is 1.09 bits per heavy atom. The minimum Gasteiger partial charge on any atom is -0.300 e. The van der Waals surface area contributed by atoms with Crippen molar-refractivity contribution in [3.8, 4) is 0 Å². The normalized spacial score (nSPS) is 21.8. The molecule has 0 unspecified atom stereocenters. The molecule has 0 spiro atoms. The summed E-state index contributed by atoms with van der Waals surface area (Å²) >= 11 is 0. The van der Waals surface area contributed by atoms with Gasteiger partial charge in [-0.25, -0.2) is 25.3 Å². The van der Waals surface area contributed by atoms with E-state index in [9.17, 15) is 64.8 Å². The van der Waals surface area contributed by atoms with E-state index in [1.807, 2.05) is 4.90 Å². The molecule has 21 heteroatoms. The largest absolute Gasteiger partial charge is 0.512 e. The number of rotatable bonds is 8. The van der Waals surface area contributed by atoms with E-state index >= 15 is 0 Å². The molecule has 2 aliphatic rings. The molecule has 2 fully saturated rings. The van der Waals surface area contributed by atoms with Crippen molar-refractivity contribution in [1.82, 2.24) is 13.3 Å². The topological polar surface area (TPSA) is 121 Å². The van der Waals surface area contributed by atoms with E-state index in [-0.39, 0.29) is 23.2 Å². The van der Waals surface area contributed by atoms with Crippen molar-refractivity contribution in [3.63, 3.8) is 0 Å². The van der Waals surface area contributed by atoms with Gasteiger partial charge in [-0.2, -0.15) is 43.8 Å². The first-order chi connectivity index (χ1) is 15.0. The molecule has 0 saturated carbocycles. The number of likely N-dealkylation sites (tertiary alicyclic amines) is 1. The van der Waals surface area contributed by atoms with Crippen LogP contribution in [-0.2, 0) is 30.1 Å². The number of hydrogen-bond donors (Lipinski definition) is 1. The number of alkyl halides is 9. The third-order valence-electron chi connectivity index (χ3n) is 5.34. The molecule has 0 bridgehead atoms. The molecule has 9 nitrogen and oxygen atoms in total. The average Bonchev–Trinajstić information content (AvgIpc) is 3.20.